The molecule has 1 aromatic heterocycles. The second-order valence-corrected chi connectivity index (χ2v) is 5.68. The minimum Gasteiger partial charge on any atom is -0.467 e. The molecule has 5 heteroatoms. The minimum atomic E-state index is -0.548. The highest BCUT2D eigenvalue weighted by atomic mass is 16.3. The molecule has 2 aliphatic rings. The van der Waals surface area contributed by atoms with Crippen molar-refractivity contribution in [3.63, 3.8) is 0 Å². The number of nitrogens with zero attached hydrogens (tertiary/aromatic N) is 1. The van der Waals surface area contributed by atoms with E-state index in [4.69, 9.17) is 10.2 Å². The fraction of sp³-hybridized carbons (Fsp3) is 0.312. The molecule has 1 unspecified atom stereocenters. The van der Waals surface area contributed by atoms with Gasteiger partial charge in [0.25, 0.3) is 0 Å². The third-order valence-corrected chi connectivity index (χ3v) is 4.14. The van der Waals surface area contributed by atoms with Gasteiger partial charge in [0.05, 0.1) is 12.8 Å². The van der Waals surface area contributed by atoms with Gasteiger partial charge in [-0.05, 0) is 37.1 Å². The van der Waals surface area contributed by atoms with Gasteiger partial charge >= 0.3 is 0 Å². The molecule has 0 spiro atoms. The molecule has 5 nitrogen and oxygen atoms in total. The van der Waals surface area contributed by atoms with Gasteiger partial charge in [-0.25, -0.2) is 0 Å². The number of hydrogen-bond acceptors (Lipinski definition) is 4. The Morgan fingerprint density at radius 3 is 2.90 bits per heavy atom. The SMILES string of the molecule is NC1C(=O)Nc2cc(N(Cc3ccco3)C3CC3)ccc21. The Balaban J connectivity index is 1.65. The maximum absolute atomic E-state index is 11.6. The van der Waals surface area contributed by atoms with Crippen LogP contribution in [0.3, 0.4) is 0 Å². The summed E-state index contributed by atoms with van der Waals surface area (Å²) in [5, 5.41) is 2.85. The Labute approximate surface area is 122 Å². The molecule has 2 aromatic rings. The molecule has 1 amide bonds. The first-order valence-corrected chi connectivity index (χ1v) is 7.22. The standard InChI is InChI=1S/C16H17N3O2/c17-15-13-6-5-11(8-14(13)18-16(15)20)19(10-3-4-10)9-12-2-1-7-21-12/h1-2,5-8,10,15H,3-4,9,17H2,(H,18,20). The molecule has 1 aromatic carbocycles. The van der Waals surface area contributed by atoms with Gasteiger partial charge in [-0.15, -0.1) is 0 Å². The van der Waals surface area contributed by atoms with Crippen molar-refractivity contribution >= 4 is 17.3 Å². The van der Waals surface area contributed by atoms with Crippen LogP contribution in [0.2, 0.25) is 0 Å². The zero-order valence-corrected chi connectivity index (χ0v) is 11.6. The Kier molecular flexibility index (Phi) is 2.75. The normalized spacial score (nSPS) is 20.2. The summed E-state index contributed by atoms with van der Waals surface area (Å²) >= 11 is 0. The Morgan fingerprint density at radius 1 is 1.33 bits per heavy atom. The van der Waals surface area contributed by atoms with Gasteiger partial charge in [0.15, 0.2) is 0 Å². The van der Waals surface area contributed by atoms with Crippen LogP contribution in [-0.4, -0.2) is 11.9 Å². The average molecular weight is 283 g/mol. The number of rotatable bonds is 4. The molecule has 1 aliphatic heterocycles. The maximum atomic E-state index is 11.6. The van der Waals surface area contributed by atoms with Crippen LogP contribution in [0.25, 0.3) is 0 Å². The van der Waals surface area contributed by atoms with Crippen molar-refractivity contribution in [2.75, 3.05) is 10.2 Å². The van der Waals surface area contributed by atoms with E-state index in [2.05, 4.69) is 10.2 Å². The van der Waals surface area contributed by atoms with Gasteiger partial charge in [-0.2, -0.15) is 0 Å². The van der Waals surface area contributed by atoms with E-state index in [0.29, 0.717) is 6.04 Å². The number of furan rings is 1. The summed E-state index contributed by atoms with van der Waals surface area (Å²) in [5.74, 6) is 0.814. The van der Waals surface area contributed by atoms with Gasteiger partial charge in [-0.3, -0.25) is 4.79 Å². The summed E-state index contributed by atoms with van der Waals surface area (Å²) in [6, 6.07) is 9.90. The number of carbonyl (C=O) groups excluding carboxylic acids is 1. The molecule has 3 N–H and O–H groups in total. The Morgan fingerprint density at radius 2 is 2.19 bits per heavy atom. The summed E-state index contributed by atoms with van der Waals surface area (Å²) in [4.78, 5) is 14.0. The molecular formula is C16H17N3O2. The maximum Gasteiger partial charge on any atom is 0.245 e. The second-order valence-electron chi connectivity index (χ2n) is 5.68. The second kappa shape index (κ2) is 4.63. The largest absolute Gasteiger partial charge is 0.467 e. The van der Waals surface area contributed by atoms with Gasteiger partial charge in [0.1, 0.15) is 11.8 Å². The van der Waals surface area contributed by atoms with Crippen molar-refractivity contribution in [2.45, 2.75) is 31.5 Å². The van der Waals surface area contributed by atoms with E-state index >= 15 is 0 Å². The van der Waals surface area contributed by atoms with Crippen LogP contribution in [0.4, 0.5) is 11.4 Å². The topological polar surface area (TPSA) is 71.5 Å². The van der Waals surface area contributed by atoms with Crippen molar-refractivity contribution < 1.29 is 9.21 Å². The summed E-state index contributed by atoms with van der Waals surface area (Å²) in [5.41, 5.74) is 8.66. The summed E-state index contributed by atoms with van der Waals surface area (Å²) in [7, 11) is 0. The van der Waals surface area contributed by atoms with E-state index in [1.807, 2.05) is 30.3 Å². The monoisotopic (exact) mass is 283 g/mol. The lowest BCUT2D eigenvalue weighted by molar-refractivity contribution is -0.116. The smallest absolute Gasteiger partial charge is 0.245 e. The molecule has 0 bridgehead atoms. The molecule has 1 saturated carbocycles. The van der Waals surface area contributed by atoms with Crippen LogP contribution in [-0.2, 0) is 11.3 Å². The van der Waals surface area contributed by atoms with E-state index < -0.39 is 6.04 Å². The van der Waals surface area contributed by atoms with E-state index in [9.17, 15) is 4.79 Å². The number of nitrogens with two attached hydrogens (primary N) is 1. The number of carbonyl (C=O) groups is 1. The van der Waals surface area contributed by atoms with E-state index in [1.54, 1.807) is 6.26 Å². The van der Waals surface area contributed by atoms with Gasteiger partial charge in [0.2, 0.25) is 5.91 Å². The van der Waals surface area contributed by atoms with Crippen molar-refractivity contribution in [1.82, 2.24) is 0 Å². The predicted molar refractivity (Wildman–Crippen MR) is 79.9 cm³/mol. The van der Waals surface area contributed by atoms with E-state index in [0.717, 1.165) is 29.2 Å². The van der Waals surface area contributed by atoms with Crippen LogP contribution in [0.5, 0.6) is 0 Å². The zero-order chi connectivity index (χ0) is 14.4. The number of hydrogen-bond donors (Lipinski definition) is 2. The molecule has 1 fully saturated rings. The first-order valence-electron chi connectivity index (χ1n) is 7.22. The zero-order valence-electron chi connectivity index (χ0n) is 11.6. The van der Waals surface area contributed by atoms with Gasteiger partial charge in [-0.1, -0.05) is 6.07 Å². The molecule has 4 rings (SSSR count). The van der Waals surface area contributed by atoms with E-state index in [1.165, 1.54) is 12.8 Å². The molecular weight excluding hydrogens is 266 g/mol. The third kappa shape index (κ3) is 2.19. The summed E-state index contributed by atoms with van der Waals surface area (Å²) in [6.45, 7) is 0.746. The fourth-order valence-corrected chi connectivity index (χ4v) is 2.84. The molecule has 0 radical (unpaired) electrons. The van der Waals surface area contributed by atoms with Gasteiger partial charge < -0.3 is 20.4 Å². The first kappa shape index (κ1) is 12.5. The predicted octanol–water partition coefficient (Wildman–Crippen LogP) is 2.40. The van der Waals surface area contributed by atoms with Crippen LogP contribution < -0.4 is 16.0 Å². The fourth-order valence-electron chi connectivity index (χ4n) is 2.84. The quantitative estimate of drug-likeness (QED) is 0.904. The summed E-state index contributed by atoms with van der Waals surface area (Å²) < 4.78 is 5.46. The van der Waals surface area contributed by atoms with Crippen LogP contribution in [0.1, 0.15) is 30.2 Å². The highest BCUT2D eigenvalue weighted by Gasteiger charge is 2.32. The van der Waals surface area contributed by atoms with Crippen molar-refractivity contribution in [3.8, 4) is 0 Å². The molecule has 0 saturated heterocycles. The number of benzene rings is 1. The van der Waals surface area contributed by atoms with Crippen molar-refractivity contribution in [1.29, 1.82) is 0 Å². The molecule has 108 valence electrons. The van der Waals surface area contributed by atoms with Crippen molar-refractivity contribution in [3.05, 3.63) is 47.9 Å². The van der Waals surface area contributed by atoms with E-state index in [-0.39, 0.29) is 5.91 Å². The lowest BCUT2D eigenvalue weighted by Gasteiger charge is -2.24. The lowest BCUT2D eigenvalue weighted by atomic mass is 10.1. The Bertz CT molecular complexity index is 677. The molecule has 1 aliphatic carbocycles. The third-order valence-electron chi connectivity index (χ3n) is 4.14. The lowest BCUT2D eigenvalue weighted by Crippen LogP contribution is -2.24. The van der Waals surface area contributed by atoms with Crippen molar-refractivity contribution in [2.24, 2.45) is 5.73 Å². The number of fused-ring (bicyclic) bond motifs is 1. The number of nitrogens with one attached hydrogen (secondary N) is 1. The molecule has 21 heavy (non-hydrogen) atoms. The molecule has 1 atom stereocenters. The highest BCUT2D eigenvalue weighted by Crippen LogP contribution is 2.37. The highest BCUT2D eigenvalue weighted by molar-refractivity contribution is 6.03. The number of anilines is 2. The summed E-state index contributed by atoms with van der Waals surface area (Å²) in [6.07, 6.45) is 4.09. The van der Waals surface area contributed by atoms with Gasteiger partial charge in [0, 0.05) is 23.0 Å². The molecule has 2 heterocycles. The Hall–Kier alpha value is -2.27. The first-order chi connectivity index (χ1) is 10.2. The average Bonchev–Trinajstić information content (AvgIpc) is 3.12. The van der Waals surface area contributed by atoms with Crippen LogP contribution in [0, 0.1) is 0 Å². The van der Waals surface area contributed by atoms with Crippen LogP contribution >= 0.6 is 0 Å². The minimum absolute atomic E-state index is 0.133. The number of amides is 1. The van der Waals surface area contributed by atoms with Crippen LogP contribution in [0.15, 0.2) is 41.0 Å².